The van der Waals surface area contributed by atoms with Gasteiger partial charge in [0, 0.05) is 23.3 Å². The molecule has 2 aromatic heterocycles. The summed E-state index contributed by atoms with van der Waals surface area (Å²) < 4.78 is 7.32. The van der Waals surface area contributed by atoms with Crippen LogP contribution >= 0.6 is 11.3 Å². The van der Waals surface area contributed by atoms with Gasteiger partial charge in [-0.1, -0.05) is 12.7 Å². The number of hydrogen-bond acceptors (Lipinski definition) is 4. The average Bonchev–Trinajstić information content (AvgIpc) is 3.12. The molecule has 0 atom stereocenters. The molecule has 0 spiro atoms. The molecule has 3 rings (SSSR count). The second-order valence-corrected chi connectivity index (χ2v) is 5.50. The van der Waals surface area contributed by atoms with Crippen LogP contribution in [0.4, 0.5) is 0 Å². The number of imidazole rings is 1. The minimum atomic E-state index is -0.133. The number of benzene rings is 1. The minimum Gasteiger partial charge on any atom is -0.490 e. The van der Waals surface area contributed by atoms with Crippen molar-refractivity contribution in [3.8, 4) is 5.75 Å². The van der Waals surface area contributed by atoms with Crippen LogP contribution in [-0.2, 0) is 6.54 Å². The first-order chi connectivity index (χ1) is 10.8. The average molecular weight is 313 g/mol. The summed E-state index contributed by atoms with van der Waals surface area (Å²) in [7, 11) is 0. The topological polar surface area (TPSA) is 55.6 Å². The summed E-state index contributed by atoms with van der Waals surface area (Å²) in [6.07, 6.45) is 5.54. The third-order valence-corrected chi connectivity index (χ3v) is 3.83. The molecule has 22 heavy (non-hydrogen) atoms. The van der Waals surface area contributed by atoms with Crippen molar-refractivity contribution < 1.29 is 9.53 Å². The molecule has 1 amide bonds. The van der Waals surface area contributed by atoms with Crippen LogP contribution in [0, 0.1) is 0 Å². The van der Waals surface area contributed by atoms with Gasteiger partial charge >= 0.3 is 0 Å². The first-order valence-corrected chi connectivity index (χ1v) is 7.67. The predicted molar refractivity (Wildman–Crippen MR) is 86.4 cm³/mol. The van der Waals surface area contributed by atoms with E-state index in [2.05, 4.69) is 16.9 Å². The number of nitrogens with one attached hydrogen (secondary N) is 1. The fourth-order valence-electron chi connectivity index (χ4n) is 1.99. The van der Waals surface area contributed by atoms with Crippen molar-refractivity contribution in [1.29, 1.82) is 0 Å². The molecule has 0 bridgehead atoms. The second kappa shape index (κ2) is 6.44. The lowest BCUT2D eigenvalue weighted by atomic mass is 10.2. The summed E-state index contributed by atoms with van der Waals surface area (Å²) >= 11 is 1.57. The molecule has 2 heterocycles. The van der Waals surface area contributed by atoms with Gasteiger partial charge < -0.3 is 10.1 Å². The van der Waals surface area contributed by atoms with Crippen molar-refractivity contribution in [3.63, 3.8) is 0 Å². The number of thiazole rings is 1. The van der Waals surface area contributed by atoms with Crippen molar-refractivity contribution in [2.75, 3.05) is 6.61 Å². The molecule has 3 aromatic rings. The van der Waals surface area contributed by atoms with E-state index in [9.17, 15) is 4.79 Å². The van der Waals surface area contributed by atoms with Crippen LogP contribution in [0.15, 0.2) is 54.7 Å². The van der Waals surface area contributed by atoms with Crippen LogP contribution in [0.25, 0.3) is 4.96 Å². The van der Waals surface area contributed by atoms with Gasteiger partial charge in [-0.25, -0.2) is 4.98 Å². The summed E-state index contributed by atoms with van der Waals surface area (Å²) in [6.45, 7) is 4.44. The normalized spacial score (nSPS) is 10.5. The van der Waals surface area contributed by atoms with Crippen molar-refractivity contribution in [3.05, 3.63) is 66.0 Å². The van der Waals surface area contributed by atoms with E-state index in [-0.39, 0.29) is 5.91 Å². The molecule has 6 heteroatoms. The van der Waals surface area contributed by atoms with Crippen LogP contribution in [0.3, 0.4) is 0 Å². The van der Waals surface area contributed by atoms with Crippen LogP contribution in [0.1, 0.15) is 16.1 Å². The Labute approximate surface area is 131 Å². The lowest BCUT2D eigenvalue weighted by molar-refractivity contribution is 0.0950. The summed E-state index contributed by atoms with van der Waals surface area (Å²) in [4.78, 5) is 17.4. The summed E-state index contributed by atoms with van der Waals surface area (Å²) in [6, 6.07) is 7.01. The van der Waals surface area contributed by atoms with Gasteiger partial charge in [-0.15, -0.1) is 11.3 Å². The van der Waals surface area contributed by atoms with E-state index >= 15 is 0 Å². The Morgan fingerprint density at radius 3 is 2.95 bits per heavy atom. The Bertz CT molecular complexity index is 761. The number of hydrogen-bond donors (Lipinski definition) is 1. The van der Waals surface area contributed by atoms with Crippen LogP contribution in [-0.4, -0.2) is 21.9 Å². The second-order valence-electron chi connectivity index (χ2n) is 4.63. The Morgan fingerprint density at radius 2 is 2.23 bits per heavy atom. The zero-order valence-corrected chi connectivity index (χ0v) is 12.7. The number of amides is 1. The van der Waals surface area contributed by atoms with Gasteiger partial charge in [-0.05, 0) is 24.3 Å². The molecule has 0 aliphatic rings. The molecule has 0 aliphatic heterocycles. The highest BCUT2D eigenvalue weighted by atomic mass is 32.1. The van der Waals surface area contributed by atoms with Gasteiger partial charge in [-0.2, -0.15) is 0 Å². The quantitative estimate of drug-likeness (QED) is 0.712. The molecule has 1 aromatic carbocycles. The number of aromatic nitrogens is 2. The maximum Gasteiger partial charge on any atom is 0.251 e. The smallest absolute Gasteiger partial charge is 0.251 e. The zero-order chi connectivity index (χ0) is 15.4. The summed E-state index contributed by atoms with van der Waals surface area (Å²) in [5.74, 6) is 0.581. The number of rotatable bonds is 6. The van der Waals surface area contributed by atoms with Gasteiger partial charge in [0.1, 0.15) is 12.4 Å². The fraction of sp³-hybridized carbons (Fsp3) is 0.125. The van der Waals surface area contributed by atoms with E-state index in [1.54, 1.807) is 41.7 Å². The van der Waals surface area contributed by atoms with E-state index < -0.39 is 0 Å². The van der Waals surface area contributed by atoms with E-state index in [0.29, 0.717) is 24.5 Å². The van der Waals surface area contributed by atoms with Crippen LogP contribution in [0.2, 0.25) is 0 Å². The van der Waals surface area contributed by atoms with Crippen molar-refractivity contribution in [2.45, 2.75) is 6.54 Å². The molecule has 0 saturated heterocycles. The van der Waals surface area contributed by atoms with E-state index in [1.807, 2.05) is 22.2 Å². The maximum absolute atomic E-state index is 12.1. The third-order valence-electron chi connectivity index (χ3n) is 3.06. The standard InChI is InChI=1S/C16H15N3O2S/c1-2-8-21-14-5-3-12(4-6-14)15(20)17-10-13-11-19-7-9-22-16(19)18-13/h2-7,9,11H,1,8,10H2,(H,17,20). The van der Waals surface area contributed by atoms with Crippen molar-refractivity contribution in [2.24, 2.45) is 0 Å². The first kappa shape index (κ1) is 14.3. The monoisotopic (exact) mass is 313 g/mol. The van der Waals surface area contributed by atoms with Crippen LogP contribution < -0.4 is 10.1 Å². The first-order valence-electron chi connectivity index (χ1n) is 6.79. The zero-order valence-electron chi connectivity index (χ0n) is 11.9. The minimum absolute atomic E-state index is 0.133. The Hall–Kier alpha value is -2.60. The highest BCUT2D eigenvalue weighted by molar-refractivity contribution is 7.15. The molecule has 0 saturated carbocycles. The Kier molecular flexibility index (Phi) is 4.20. The number of nitrogens with zero attached hydrogens (tertiary/aromatic N) is 2. The SMILES string of the molecule is C=CCOc1ccc(C(=O)NCc2cn3ccsc3n2)cc1. The summed E-state index contributed by atoms with van der Waals surface area (Å²) in [5, 5.41) is 4.83. The fourth-order valence-corrected chi connectivity index (χ4v) is 2.71. The molecule has 5 nitrogen and oxygen atoms in total. The maximum atomic E-state index is 12.1. The van der Waals surface area contributed by atoms with Gasteiger partial charge in [0.15, 0.2) is 4.96 Å². The van der Waals surface area contributed by atoms with E-state index in [1.165, 1.54) is 0 Å². The molecule has 0 aliphatic carbocycles. The Balaban J connectivity index is 1.59. The lowest BCUT2D eigenvalue weighted by Gasteiger charge is -2.05. The van der Waals surface area contributed by atoms with Gasteiger partial charge in [0.2, 0.25) is 0 Å². The molecule has 112 valence electrons. The number of carbonyl (C=O) groups excluding carboxylic acids is 1. The van der Waals surface area contributed by atoms with E-state index in [0.717, 1.165) is 10.7 Å². The highest BCUT2D eigenvalue weighted by Crippen LogP contribution is 2.13. The predicted octanol–water partition coefficient (Wildman–Crippen LogP) is 2.89. The van der Waals surface area contributed by atoms with Crippen molar-refractivity contribution >= 4 is 22.2 Å². The van der Waals surface area contributed by atoms with Gasteiger partial charge in [0.25, 0.3) is 5.91 Å². The molecule has 1 N–H and O–H groups in total. The van der Waals surface area contributed by atoms with E-state index in [4.69, 9.17) is 4.74 Å². The van der Waals surface area contributed by atoms with Crippen LogP contribution in [0.5, 0.6) is 5.75 Å². The van der Waals surface area contributed by atoms with Gasteiger partial charge in [-0.3, -0.25) is 9.20 Å². The molecule has 0 radical (unpaired) electrons. The molecular weight excluding hydrogens is 298 g/mol. The number of fused-ring (bicyclic) bond motifs is 1. The largest absolute Gasteiger partial charge is 0.490 e. The molecule has 0 fully saturated rings. The third kappa shape index (κ3) is 3.17. The summed E-state index contributed by atoms with van der Waals surface area (Å²) in [5.41, 5.74) is 1.43. The molecule has 0 unspecified atom stereocenters. The number of ether oxygens (including phenoxy) is 1. The van der Waals surface area contributed by atoms with Crippen molar-refractivity contribution in [1.82, 2.24) is 14.7 Å². The highest BCUT2D eigenvalue weighted by Gasteiger charge is 2.07. The molecular formula is C16H15N3O2S. The Morgan fingerprint density at radius 1 is 1.41 bits per heavy atom. The van der Waals surface area contributed by atoms with Gasteiger partial charge in [0.05, 0.1) is 12.2 Å². The lowest BCUT2D eigenvalue weighted by Crippen LogP contribution is -2.22. The number of carbonyl (C=O) groups is 1.